The Kier molecular flexibility index (Phi) is 29.9. The predicted octanol–water partition coefficient (Wildman–Crippen LogP) is 11.0. The van der Waals surface area contributed by atoms with Gasteiger partial charge in [-0.25, -0.2) is 0 Å². The van der Waals surface area contributed by atoms with Gasteiger partial charge in [0, 0.05) is 19.4 Å². The maximum absolute atomic E-state index is 12.3. The van der Waals surface area contributed by atoms with Crippen molar-refractivity contribution >= 4 is 23.2 Å². The van der Waals surface area contributed by atoms with E-state index in [0.717, 1.165) is 82.2 Å². The molecule has 0 aromatic rings. The number of thiocarbonyl (C=S) groups is 1. The summed E-state index contributed by atoms with van der Waals surface area (Å²) in [4.78, 5) is 14.9. The lowest BCUT2D eigenvalue weighted by atomic mass is 9.89. The summed E-state index contributed by atoms with van der Waals surface area (Å²) in [6, 6.07) is 0. The molecule has 274 valence electrons. The van der Waals surface area contributed by atoms with Crippen LogP contribution in [0.3, 0.4) is 0 Å². The van der Waals surface area contributed by atoms with Crippen molar-refractivity contribution in [2.45, 2.75) is 171 Å². The van der Waals surface area contributed by atoms with Crippen LogP contribution < -0.4 is 0 Å². The van der Waals surface area contributed by atoms with Gasteiger partial charge in [0.2, 0.25) is 0 Å². The summed E-state index contributed by atoms with van der Waals surface area (Å²) < 4.78 is 11.7. The number of hydrogen-bond acceptors (Lipinski definition) is 6. The Hall–Kier alpha value is -0.720. The van der Waals surface area contributed by atoms with E-state index in [4.69, 9.17) is 21.7 Å². The first-order valence-electron chi connectivity index (χ1n) is 19.6. The van der Waals surface area contributed by atoms with E-state index in [-0.39, 0.29) is 12.6 Å². The highest BCUT2D eigenvalue weighted by molar-refractivity contribution is 7.80. The first-order chi connectivity index (χ1) is 22.0. The largest absolute Gasteiger partial charge is 0.487 e. The average molecular weight is 670 g/mol. The second-order valence-electron chi connectivity index (χ2n) is 15.6. The zero-order valence-corrected chi connectivity index (χ0v) is 32.8. The van der Waals surface area contributed by atoms with Crippen molar-refractivity contribution in [1.82, 2.24) is 4.90 Å². The Morgan fingerprint density at radius 3 is 1.43 bits per heavy atom. The van der Waals surface area contributed by atoms with Gasteiger partial charge in [0.25, 0.3) is 0 Å². The van der Waals surface area contributed by atoms with Gasteiger partial charge in [-0.3, -0.25) is 4.79 Å². The summed E-state index contributed by atoms with van der Waals surface area (Å²) in [5, 5.41) is 10.0. The molecule has 0 aromatic heterocycles. The molecule has 0 aromatic carbocycles. The second kappa shape index (κ2) is 30.3. The standard InChI is InChI=1S/C40H79NO4S/c1-33(2)23-25-37(35(5)6)31-44-39(43)21-15-11-9-13-17-27-41(29-19-20-30-42)28-18-14-10-12-16-22-40(46)45-32-38(36(7)8)26-24-34(3)4/h33-38,42H,9-32H2,1-8H3. The van der Waals surface area contributed by atoms with Crippen LogP contribution >= 0.6 is 12.2 Å². The normalized spacial score (nSPS) is 13.3. The summed E-state index contributed by atoms with van der Waals surface area (Å²) in [5.74, 6) is 3.69. The van der Waals surface area contributed by atoms with Gasteiger partial charge in [-0.05, 0) is 119 Å². The SMILES string of the molecule is CC(C)CCC(COC(=O)CCCCCCCN(CCCCO)CCCCCCCC(=S)OCC(CCC(C)C)C(C)C)C(C)C. The molecule has 0 bridgehead atoms. The third kappa shape index (κ3) is 28.3. The van der Waals surface area contributed by atoms with E-state index in [0.29, 0.717) is 42.6 Å². The number of aliphatic hydroxyl groups is 1. The van der Waals surface area contributed by atoms with Gasteiger partial charge < -0.3 is 19.5 Å². The van der Waals surface area contributed by atoms with Gasteiger partial charge in [-0.1, -0.05) is 107 Å². The summed E-state index contributed by atoms with van der Waals surface area (Å²) in [7, 11) is 0. The van der Waals surface area contributed by atoms with E-state index >= 15 is 0 Å². The summed E-state index contributed by atoms with van der Waals surface area (Å²) >= 11 is 5.54. The Morgan fingerprint density at radius 1 is 0.565 bits per heavy atom. The van der Waals surface area contributed by atoms with Gasteiger partial charge in [-0.2, -0.15) is 0 Å². The zero-order valence-electron chi connectivity index (χ0n) is 32.0. The van der Waals surface area contributed by atoms with E-state index in [9.17, 15) is 9.90 Å². The third-order valence-electron chi connectivity index (χ3n) is 9.62. The lowest BCUT2D eigenvalue weighted by Gasteiger charge is -2.22. The maximum Gasteiger partial charge on any atom is 0.305 e. The molecule has 0 saturated carbocycles. The number of nitrogens with zero attached hydrogens (tertiary/aromatic N) is 1. The number of carbonyl (C=O) groups is 1. The molecular weight excluding hydrogens is 591 g/mol. The molecule has 2 atom stereocenters. The van der Waals surface area contributed by atoms with Crippen LogP contribution in [0.25, 0.3) is 0 Å². The van der Waals surface area contributed by atoms with Gasteiger partial charge in [0.05, 0.1) is 13.2 Å². The van der Waals surface area contributed by atoms with Gasteiger partial charge in [0.15, 0.2) is 5.05 Å². The quantitative estimate of drug-likeness (QED) is 0.0437. The Bertz CT molecular complexity index is 657. The molecule has 0 fully saturated rings. The van der Waals surface area contributed by atoms with Crippen LogP contribution in [0.15, 0.2) is 0 Å². The van der Waals surface area contributed by atoms with Crippen LogP contribution in [0.2, 0.25) is 0 Å². The van der Waals surface area contributed by atoms with Crippen LogP contribution in [0, 0.1) is 35.5 Å². The molecule has 0 amide bonds. The molecule has 6 heteroatoms. The fourth-order valence-corrected chi connectivity index (χ4v) is 6.12. The van der Waals surface area contributed by atoms with E-state index in [2.05, 4.69) is 60.3 Å². The van der Waals surface area contributed by atoms with Crippen molar-refractivity contribution in [3.63, 3.8) is 0 Å². The maximum atomic E-state index is 12.3. The molecule has 0 aliphatic carbocycles. The Morgan fingerprint density at radius 2 is 0.978 bits per heavy atom. The molecular formula is C40H79NO4S. The van der Waals surface area contributed by atoms with Crippen LogP contribution in [-0.2, 0) is 14.3 Å². The number of ether oxygens (including phenoxy) is 2. The highest BCUT2D eigenvalue weighted by Gasteiger charge is 2.17. The van der Waals surface area contributed by atoms with Gasteiger partial charge >= 0.3 is 5.97 Å². The van der Waals surface area contributed by atoms with Crippen molar-refractivity contribution < 1.29 is 19.4 Å². The number of aliphatic hydroxyl groups excluding tert-OH is 1. The second-order valence-corrected chi connectivity index (χ2v) is 16.1. The van der Waals surface area contributed by atoms with Crippen LogP contribution in [0.4, 0.5) is 0 Å². The molecule has 0 spiro atoms. The lowest BCUT2D eigenvalue weighted by molar-refractivity contribution is -0.145. The fourth-order valence-electron chi connectivity index (χ4n) is 5.91. The van der Waals surface area contributed by atoms with Crippen LogP contribution in [-0.4, -0.2) is 60.5 Å². The van der Waals surface area contributed by atoms with Crippen molar-refractivity contribution in [1.29, 1.82) is 0 Å². The number of unbranched alkanes of at least 4 members (excludes halogenated alkanes) is 9. The number of rotatable bonds is 32. The van der Waals surface area contributed by atoms with Gasteiger partial charge in [0.1, 0.15) is 0 Å². The molecule has 0 saturated heterocycles. The first-order valence-corrected chi connectivity index (χ1v) is 20.0. The van der Waals surface area contributed by atoms with Crippen molar-refractivity contribution in [2.75, 3.05) is 39.5 Å². The molecule has 2 unspecified atom stereocenters. The van der Waals surface area contributed by atoms with E-state index in [1.807, 2.05) is 0 Å². The number of hydrogen-bond donors (Lipinski definition) is 1. The summed E-state index contributed by atoms with van der Waals surface area (Å²) in [6.07, 6.45) is 20.0. The Labute approximate surface area is 292 Å². The monoisotopic (exact) mass is 670 g/mol. The molecule has 0 rings (SSSR count). The van der Waals surface area contributed by atoms with Crippen molar-refractivity contribution in [3.05, 3.63) is 0 Å². The summed E-state index contributed by atoms with van der Waals surface area (Å²) in [5.41, 5.74) is 0. The summed E-state index contributed by atoms with van der Waals surface area (Å²) in [6.45, 7) is 23.2. The molecule has 0 aliphatic heterocycles. The van der Waals surface area contributed by atoms with Gasteiger partial charge in [-0.15, -0.1) is 0 Å². The van der Waals surface area contributed by atoms with E-state index in [1.54, 1.807) is 0 Å². The zero-order chi connectivity index (χ0) is 34.6. The highest BCUT2D eigenvalue weighted by Crippen LogP contribution is 2.22. The molecule has 5 nitrogen and oxygen atoms in total. The smallest absolute Gasteiger partial charge is 0.305 e. The molecule has 46 heavy (non-hydrogen) atoms. The molecule has 0 heterocycles. The fraction of sp³-hybridized carbons (Fsp3) is 0.950. The minimum Gasteiger partial charge on any atom is -0.487 e. The number of carbonyl (C=O) groups excluding carboxylic acids is 1. The van der Waals surface area contributed by atoms with Crippen molar-refractivity contribution in [3.8, 4) is 0 Å². The minimum atomic E-state index is -0.0198. The third-order valence-corrected chi connectivity index (χ3v) is 9.95. The average Bonchev–Trinajstić information content (AvgIpc) is 2.99. The Balaban J connectivity index is 4.05. The van der Waals surface area contributed by atoms with E-state index in [1.165, 1.54) is 64.2 Å². The number of esters is 1. The minimum absolute atomic E-state index is 0.0198. The predicted molar refractivity (Wildman–Crippen MR) is 202 cm³/mol. The highest BCUT2D eigenvalue weighted by atomic mass is 32.1. The lowest BCUT2D eigenvalue weighted by Crippen LogP contribution is -2.27. The van der Waals surface area contributed by atoms with E-state index < -0.39 is 0 Å². The molecule has 0 aliphatic rings. The van der Waals surface area contributed by atoms with Crippen molar-refractivity contribution in [2.24, 2.45) is 35.5 Å². The topological polar surface area (TPSA) is 59.0 Å². The molecule has 0 radical (unpaired) electrons. The van der Waals surface area contributed by atoms with Crippen LogP contribution in [0.1, 0.15) is 171 Å². The molecule has 1 N–H and O–H groups in total. The first kappa shape index (κ1) is 45.3. The van der Waals surface area contributed by atoms with Crippen LogP contribution in [0.5, 0.6) is 0 Å².